The number of hydrogen-bond acceptors (Lipinski definition) is 4. The third-order valence-corrected chi connectivity index (χ3v) is 5.81. The monoisotopic (exact) mass is 377 g/mol. The number of hydrogen-bond donors (Lipinski definition) is 0. The molecule has 0 aliphatic heterocycles. The van der Waals surface area contributed by atoms with Crippen molar-refractivity contribution in [2.24, 2.45) is 0 Å². The van der Waals surface area contributed by atoms with E-state index in [-0.39, 0.29) is 17.3 Å². The van der Waals surface area contributed by atoms with E-state index in [0.717, 1.165) is 26.1 Å². The van der Waals surface area contributed by atoms with Crippen molar-refractivity contribution in [3.05, 3.63) is 64.1 Å². The second-order valence-electron chi connectivity index (χ2n) is 6.35. The van der Waals surface area contributed by atoms with Crippen LogP contribution in [0.1, 0.15) is 11.1 Å². The molecule has 140 valence electrons. The van der Waals surface area contributed by atoms with Crippen molar-refractivity contribution in [1.29, 1.82) is 0 Å². The summed E-state index contributed by atoms with van der Waals surface area (Å²) >= 11 is 0. The Labute approximate surface area is 153 Å². The zero-order valence-corrected chi connectivity index (χ0v) is 16.2. The molecule has 2 rings (SSSR count). The lowest BCUT2D eigenvalue weighted by Crippen LogP contribution is -2.34. The topological polar surface area (TPSA) is 79.7 Å². The van der Waals surface area contributed by atoms with Crippen molar-refractivity contribution >= 4 is 15.9 Å². The minimum Gasteiger partial charge on any atom is -0.340 e. The summed E-state index contributed by atoms with van der Waals surface area (Å²) in [5.41, 5.74) is 1.68. The molecule has 8 heteroatoms. The highest BCUT2D eigenvalue weighted by Gasteiger charge is 2.19. The number of rotatable bonds is 6. The fourth-order valence-corrected chi connectivity index (χ4v) is 3.24. The van der Waals surface area contributed by atoms with E-state index in [9.17, 15) is 18.0 Å². The molecule has 0 saturated heterocycles. The van der Waals surface area contributed by atoms with E-state index in [2.05, 4.69) is 0 Å². The quantitative estimate of drug-likeness (QED) is 0.754. The van der Waals surface area contributed by atoms with Crippen molar-refractivity contribution in [3.8, 4) is 0 Å². The molecular formula is C18H23N3O4S. The van der Waals surface area contributed by atoms with Gasteiger partial charge in [-0.05, 0) is 18.6 Å². The lowest BCUT2D eigenvalue weighted by Gasteiger charge is -2.19. The van der Waals surface area contributed by atoms with Gasteiger partial charge in [-0.1, -0.05) is 29.8 Å². The number of carbonyl (C=O) groups is 1. The highest BCUT2D eigenvalue weighted by atomic mass is 32.2. The van der Waals surface area contributed by atoms with Gasteiger partial charge in [-0.3, -0.25) is 9.59 Å². The van der Waals surface area contributed by atoms with Crippen LogP contribution in [0.5, 0.6) is 0 Å². The van der Waals surface area contributed by atoms with E-state index in [0.29, 0.717) is 6.54 Å². The van der Waals surface area contributed by atoms with E-state index in [1.54, 1.807) is 7.05 Å². The van der Waals surface area contributed by atoms with Crippen molar-refractivity contribution < 1.29 is 13.2 Å². The van der Waals surface area contributed by atoms with Crippen molar-refractivity contribution in [2.45, 2.75) is 24.9 Å². The summed E-state index contributed by atoms with van der Waals surface area (Å²) in [5, 5.41) is 0. The second kappa shape index (κ2) is 7.84. The van der Waals surface area contributed by atoms with Crippen LogP contribution in [0.25, 0.3) is 0 Å². The van der Waals surface area contributed by atoms with Crippen LogP contribution >= 0.6 is 0 Å². The Kier molecular flexibility index (Phi) is 5.99. The van der Waals surface area contributed by atoms with Crippen LogP contribution in [0, 0.1) is 6.92 Å². The minimum absolute atomic E-state index is 0.0314. The summed E-state index contributed by atoms with van der Waals surface area (Å²) in [7, 11) is 0.786. The van der Waals surface area contributed by atoms with E-state index in [1.807, 2.05) is 31.2 Å². The van der Waals surface area contributed by atoms with Crippen LogP contribution in [-0.4, -0.2) is 49.2 Å². The van der Waals surface area contributed by atoms with Crippen LogP contribution in [0.15, 0.2) is 52.3 Å². The lowest BCUT2D eigenvalue weighted by atomic mass is 10.1. The summed E-state index contributed by atoms with van der Waals surface area (Å²) in [5.74, 6) is -0.285. The van der Waals surface area contributed by atoms with Crippen molar-refractivity contribution in [2.75, 3.05) is 21.1 Å². The minimum atomic E-state index is -3.68. The third kappa shape index (κ3) is 4.59. The zero-order chi connectivity index (χ0) is 19.5. The smallest absolute Gasteiger partial charge is 0.251 e. The van der Waals surface area contributed by atoms with Crippen LogP contribution in [0.4, 0.5) is 0 Å². The van der Waals surface area contributed by atoms with Crippen LogP contribution < -0.4 is 5.56 Å². The number of nitrogens with zero attached hydrogens (tertiary/aromatic N) is 3. The zero-order valence-electron chi connectivity index (χ0n) is 15.3. The van der Waals surface area contributed by atoms with Gasteiger partial charge in [-0.15, -0.1) is 0 Å². The van der Waals surface area contributed by atoms with Gasteiger partial charge >= 0.3 is 0 Å². The first-order valence-electron chi connectivity index (χ1n) is 8.04. The predicted octanol–water partition coefficient (Wildman–Crippen LogP) is 1.07. The van der Waals surface area contributed by atoms with Gasteiger partial charge in [0.05, 0.1) is 4.90 Å². The van der Waals surface area contributed by atoms with Gasteiger partial charge in [0.25, 0.3) is 5.56 Å². The first-order valence-corrected chi connectivity index (χ1v) is 9.48. The maximum absolute atomic E-state index is 12.4. The number of aryl methyl sites for hydroxylation is 1. The first-order chi connectivity index (χ1) is 12.1. The Morgan fingerprint density at radius 2 is 1.65 bits per heavy atom. The molecule has 0 N–H and O–H groups in total. The largest absolute Gasteiger partial charge is 0.340 e. The first kappa shape index (κ1) is 19.9. The molecule has 1 amide bonds. The normalized spacial score (nSPS) is 11.6. The molecule has 0 spiro atoms. The molecule has 0 atom stereocenters. The van der Waals surface area contributed by atoms with Crippen molar-refractivity contribution in [1.82, 2.24) is 13.8 Å². The summed E-state index contributed by atoms with van der Waals surface area (Å²) in [4.78, 5) is 25.9. The second-order valence-corrected chi connectivity index (χ2v) is 8.51. The van der Waals surface area contributed by atoms with Crippen LogP contribution in [0.2, 0.25) is 0 Å². The number of pyridine rings is 1. The molecule has 1 aromatic heterocycles. The Hall–Kier alpha value is -2.45. The van der Waals surface area contributed by atoms with Gasteiger partial charge in [-0.25, -0.2) is 12.7 Å². The molecule has 1 heterocycles. The molecule has 0 bridgehead atoms. The number of aromatic nitrogens is 1. The number of likely N-dealkylation sites (N-methyl/N-ethyl adjacent to an activating group) is 1. The van der Waals surface area contributed by atoms with Gasteiger partial charge in [0.2, 0.25) is 15.9 Å². The molecule has 7 nitrogen and oxygen atoms in total. The third-order valence-electron chi connectivity index (χ3n) is 4.01. The average molecular weight is 377 g/mol. The summed E-state index contributed by atoms with van der Waals surface area (Å²) in [6.07, 6.45) is 1.20. The van der Waals surface area contributed by atoms with Gasteiger partial charge in [0.1, 0.15) is 6.54 Å². The van der Waals surface area contributed by atoms with Crippen LogP contribution in [0.3, 0.4) is 0 Å². The Morgan fingerprint density at radius 1 is 1.04 bits per heavy atom. The van der Waals surface area contributed by atoms with E-state index >= 15 is 0 Å². The van der Waals surface area contributed by atoms with E-state index < -0.39 is 15.6 Å². The molecular weight excluding hydrogens is 354 g/mol. The molecule has 26 heavy (non-hydrogen) atoms. The highest BCUT2D eigenvalue weighted by molar-refractivity contribution is 7.89. The summed E-state index contributed by atoms with van der Waals surface area (Å²) in [6, 6.07) is 10.2. The summed E-state index contributed by atoms with van der Waals surface area (Å²) in [6.45, 7) is 2.17. The Balaban J connectivity index is 2.18. The fraction of sp³-hybridized carbons (Fsp3) is 0.333. The molecule has 0 aliphatic rings. The van der Waals surface area contributed by atoms with Crippen LogP contribution in [-0.2, 0) is 27.9 Å². The molecule has 0 fully saturated rings. The molecule has 2 aromatic rings. The maximum Gasteiger partial charge on any atom is 0.251 e. The molecule has 0 radical (unpaired) electrons. The fourth-order valence-electron chi connectivity index (χ4n) is 2.32. The molecule has 0 aliphatic carbocycles. The molecule has 0 saturated carbocycles. The number of amides is 1. The lowest BCUT2D eigenvalue weighted by molar-refractivity contribution is -0.131. The Bertz CT molecular complexity index is 947. The van der Waals surface area contributed by atoms with Crippen molar-refractivity contribution in [3.63, 3.8) is 0 Å². The maximum atomic E-state index is 12.4. The van der Waals surface area contributed by atoms with Gasteiger partial charge < -0.3 is 9.47 Å². The van der Waals surface area contributed by atoms with Gasteiger partial charge in [-0.2, -0.15) is 0 Å². The number of benzene rings is 1. The van der Waals surface area contributed by atoms with Gasteiger partial charge in [0, 0.05) is 40.0 Å². The van der Waals surface area contributed by atoms with E-state index in [4.69, 9.17) is 0 Å². The predicted molar refractivity (Wildman–Crippen MR) is 99.2 cm³/mol. The standard InChI is InChI=1S/C18H23N3O4S/c1-14-5-7-15(8-6-14)11-20(4)18(23)13-21-12-16(9-10-17(21)22)26(24,25)19(2)3/h5-10,12H,11,13H2,1-4H3. The Morgan fingerprint density at radius 3 is 2.23 bits per heavy atom. The van der Waals surface area contributed by atoms with Gasteiger partial charge in [0.15, 0.2) is 0 Å². The number of sulfonamides is 1. The summed E-state index contributed by atoms with van der Waals surface area (Å²) < 4.78 is 26.6. The average Bonchev–Trinajstić information content (AvgIpc) is 2.58. The SMILES string of the molecule is Cc1ccc(CN(C)C(=O)Cn2cc(S(=O)(=O)N(C)C)ccc2=O)cc1. The highest BCUT2D eigenvalue weighted by Crippen LogP contribution is 2.11. The molecule has 0 unspecified atom stereocenters. The number of carbonyl (C=O) groups excluding carboxylic acids is 1. The molecule has 1 aromatic carbocycles. The van der Waals surface area contributed by atoms with E-state index in [1.165, 1.54) is 31.3 Å².